The van der Waals surface area contributed by atoms with E-state index in [2.05, 4.69) is 40.6 Å². The molecule has 0 aliphatic carbocycles. The third-order valence-corrected chi connectivity index (χ3v) is 7.15. The van der Waals surface area contributed by atoms with Crippen molar-refractivity contribution in [1.82, 2.24) is 24.2 Å². The Morgan fingerprint density at radius 3 is 2.55 bits per heavy atom. The van der Waals surface area contributed by atoms with Gasteiger partial charge in [0.2, 0.25) is 5.13 Å². The molecular formula is C25H29BrN6O5S. The first-order valence-corrected chi connectivity index (χ1v) is 13.6. The van der Waals surface area contributed by atoms with Crippen LogP contribution in [0.2, 0.25) is 0 Å². The maximum atomic E-state index is 12.3. The number of likely N-dealkylation sites (tertiary alicyclic amines) is 1. The number of aromatic nitrogens is 4. The van der Waals surface area contributed by atoms with Crippen LogP contribution >= 0.6 is 27.5 Å². The van der Waals surface area contributed by atoms with Crippen LogP contribution < -0.4 is 10.1 Å². The summed E-state index contributed by atoms with van der Waals surface area (Å²) in [4.78, 5) is 38.8. The van der Waals surface area contributed by atoms with Gasteiger partial charge < -0.3 is 24.8 Å². The summed E-state index contributed by atoms with van der Waals surface area (Å²) in [6.07, 6.45) is 4.13. The number of nitrogens with zero attached hydrogens (tertiary/aromatic N) is 5. The van der Waals surface area contributed by atoms with Crippen LogP contribution in [0.1, 0.15) is 67.0 Å². The van der Waals surface area contributed by atoms with Gasteiger partial charge in [0.15, 0.2) is 5.75 Å². The summed E-state index contributed by atoms with van der Waals surface area (Å²) < 4.78 is 16.7. The second kappa shape index (κ2) is 11.2. The summed E-state index contributed by atoms with van der Waals surface area (Å²) in [5.74, 6) is 1.12. The number of aryl methyl sites for hydroxylation is 1. The number of piperidine rings is 1. The number of aromatic carboxylic acids is 1. The summed E-state index contributed by atoms with van der Waals surface area (Å²) in [5, 5.41) is 13.2. The van der Waals surface area contributed by atoms with E-state index in [9.17, 15) is 14.7 Å². The molecule has 3 aromatic heterocycles. The zero-order chi connectivity index (χ0) is 27.6. The largest absolute Gasteiger partial charge is 0.478 e. The number of halogens is 1. The minimum absolute atomic E-state index is 0.0763. The van der Waals surface area contributed by atoms with Crippen LogP contribution in [-0.4, -0.2) is 60.1 Å². The van der Waals surface area contributed by atoms with Crippen LogP contribution in [0.3, 0.4) is 0 Å². The van der Waals surface area contributed by atoms with Crippen molar-refractivity contribution in [3.8, 4) is 11.5 Å². The van der Waals surface area contributed by atoms with E-state index >= 15 is 0 Å². The second-order valence-corrected chi connectivity index (χ2v) is 11.5. The highest BCUT2D eigenvalue weighted by atomic mass is 79.9. The van der Waals surface area contributed by atoms with Crippen molar-refractivity contribution in [2.45, 2.75) is 59.0 Å². The smallest absolute Gasteiger partial charge is 0.410 e. The lowest BCUT2D eigenvalue weighted by Crippen LogP contribution is -2.41. The van der Waals surface area contributed by atoms with Gasteiger partial charge in [-0.25, -0.2) is 19.6 Å². The van der Waals surface area contributed by atoms with Gasteiger partial charge in [-0.05, 0) is 63.4 Å². The molecule has 1 amide bonds. The first-order chi connectivity index (χ1) is 17.9. The molecule has 2 N–H and O–H groups in total. The monoisotopic (exact) mass is 604 g/mol. The van der Waals surface area contributed by atoms with E-state index < -0.39 is 11.6 Å². The predicted molar refractivity (Wildman–Crippen MR) is 146 cm³/mol. The number of anilines is 2. The Bertz CT molecular complexity index is 1350. The van der Waals surface area contributed by atoms with Gasteiger partial charge in [0.05, 0.1) is 15.7 Å². The van der Waals surface area contributed by atoms with E-state index in [1.807, 2.05) is 20.8 Å². The van der Waals surface area contributed by atoms with Crippen LogP contribution in [0.5, 0.6) is 11.5 Å². The molecule has 202 valence electrons. The van der Waals surface area contributed by atoms with Gasteiger partial charge in [0, 0.05) is 54.6 Å². The van der Waals surface area contributed by atoms with E-state index in [1.54, 1.807) is 31.0 Å². The zero-order valence-corrected chi connectivity index (χ0v) is 24.1. The van der Waals surface area contributed by atoms with E-state index in [0.29, 0.717) is 51.3 Å². The van der Waals surface area contributed by atoms with Crippen molar-refractivity contribution in [2.24, 2.45) is 0 Å². The summed E-state index contributed by atoms with van der Waals surface area (Å²) in [5.41, 5.74) is 0.605. The van der Waals surface area contributed by atoms with Gasteiger partial charge in [-0.3, -0.25) is 4.98 Å². The Morgan fingerprint density at radius 2 is 1.89 bits per heavy atom. The number of rotatable bonds is 6. The van der Waals surface area contributed by atoms with Crippen molar-refractivity contribution in [3.63, 3.8) is 0 Å². The van der Waals surface area contributed by atoms with Gasteiger partial charge in [0.25, 0.3) is 0 Å². The molecule has 3 aromatic rings. The number of nitrogens with one attached hydrogen (secondary N) is 1. The van der Waals surface area contributed by atoms with Crippen molar-refractivity contribution >= 4 is 50.5 Å². The molecule has 0 saturated carbocycles. The molecule has 0 bridgehead atoms. The maximum absolute atomic E-state index is 12.3. The molecule has 1 aliphatic rings. The molecule has 38 heavy (non-hydrogen) atoms. The first kappa shape index (κ1) is 27.7. The topological polar surface area (TPSA) is 140 Å². The van der Waals surface area contributed by atoms with Crippen LogP contribution in [0.4, 0.5) is 15.7 Å². The fourth-order valence-corrected chi connectivity index (χ4v) is 4.91. The molecule has 13 heteroatoms. The third kappa shape index (κ3) is 6.57. The van der Waals surface area contributed by atoms with Crippen LogP contribution in [0.25, 0.3) is 0 Å². The van der Waals surface area contributed by atoms with Crippen molar-refractivity contribution in [1.29, 1.82) is 0 Å². The summed E-state index contributed by atoms with van der Waals surface area (Å²) >= 11 is 4.67. The lowest BCUT2D eigenvalue weighted by atomic mass is 9.96. The standard InChI is InChI=1S/C25H29BrN6O5S/c1-13-16(22(33)34)11-27-14(2)20(13)36-18-10-19(28-12-17(18)26)29-23-30-21(31-38-23)15-6-8-32(9-7-15)24(35)37-25(3,4)5/h10-12,15H,6-9H2,1-5H3,(H,33,34)(H,28,29,30,31). The maximum Gasteiger partial charge on any atom is 0.410 e. The highest BCUT2D eigenvalue weighted by molar-refractivity contribution is 9.10. The number of pyridine rings is 2. The Hall–Kier alpha value is -3.32. The van der Waals surface area contributed by atoms with Crippen molar-refractivity contribution < 1.29 is 24.2 Å². The van der Waals surface area contributed by atoms with Gasteiger partial charge in [-0.1, -0.05) is 0 Å². The number of hydrogen-bond donors (Lipinski definition) is 2. The molecule has 0 aromatic carbocycles. The number of carbonyl (C=O) groups is 2. The lowest BCUT2D eigenvalue weighted by Gasteiger charge is -2.32. The Kier molecular flexibility index (Phi) is 8.16. The molecule has 4 rings (SSSR count). The average Bonchev–Trinajstić information content (AvgIpc) is 3.31. The summed E-state index contributed by atoms with van der Waals surface area (Å²) in [7, 11) is 0. The fraction of sp³-hybridized carbons (Fsp3) is 0.440. The quantitative estimate of drug-likeness (QED) is 0.341. The molecule has 11 nitrogen and oxygen atoms in total. The number of hydrogen-bond acceptors (Lipinski definition) is 10. The Morgan fingerprint density at radius 1 is 1.18 bits per heavy atom. The Balaban J connectivity index is 1.42. The number of carboxylic acid groups (broad SMARTS) is 1. The molecule has 0 unspecified atom stereocenters. The molecule has 0 radical (unpaired) electrons. The van der Waals surface area contributed by atoms with E-state index in [1.165, 1.54) is 17.7 Å². The minimum atomic E-state index is -1.07. The first-order valence-electron chi connectivity index (χ1n) is 12.0. The van der Waals surface area contributed by atoms with Crippen LogP contribution in [-0.2, 0) is 4.74 Å². The minimum Gasteiger partial charge on any atom is -0.478 e. The zero-order valence-electron chi connectivity index (χ0n) is 21.7. The number of carbonyl (C=O) groups excluding carboxylic acids is 1. The number of carboxylic acids is 1. The van der Waals surface area contributed by atoms with Crippen molar-refractivity contribution in [3.05, 3.63) is 45.6 Å². The van der Waals surface area contributed by atoms with E-state index in [0.717, 1.165) is 18.7 Å². The average molecular weight is 606 g/mol. The molecule has 0 atom stereocenters. The molecular weight excluding hydrogens is 576 g/mol. The molecule has 1 fully saturated rings. The van der Waals surface area contributed by atoms with E-state index in [4.69, 9.17) is 9.47 Å². The second-order valence-electron chi connectivity index (χ2n) is 9.94. The highest BCUT2D eigenvalue weighted by Gasteiger charge is 2.29. The normalized spacial score (nSPS) is 14.3. The molecule has 0 spiro atoms. The van der Waals surface area contributed by atoms with Crippen molar-refractivity contribution in [2.75, 3.05) is 18.4 Å². The van der Waals surface area contributed by atoms with Crippen LogP contribution in [0, 0.1) is 13.8 Å². The van der Waals surface area contributed by atoms with Crippen LogP contribution in [0.15, 0.2) is 22.9 Å². The van der Waals surface area contributed by atoms with Gasteiger partial charge in [0.1, 0.15) is 23.0 Å². The van der Waals surface area contributed by atoms with Gasteiger partial charge in [-0.15, -0.1) is 0 Å². The lowest BCUT2D eigenvalue weighted by molar-refractivity contribution is 0.0203. The molecule has 1 saturated heterocycles. The predicted octanol–water partition coefficient (Wildman–Crippen LogP) is 6.06. The number of amides is 1. The summed E-state index contributed by atoms with van der Waals surface area (Å²) in [6, 6.07) is 1.69. The third-order valence-electron chi connectivity index (χ3n) is 5.91. The highest BCUT2D eigenvalue weighted by Crippen LogP contribution is 2.36. The Labute approximate surface area is 232 Å². The van der Waals surface area contributed by atoms with Gasteiger partial charge >= 0.3 is 12.1 Å². The summed E-state index contributed by atoms with van der Waals surface area (Å²) in [6.45, 7) is 10.2. The molecule has 4 heterocycles. The molecule has 1 aliphatic heterocycles. The number of ether oxygens (including phenoxy) is 2. The SMILES string of the molecule is Cc1ncc(C(=O)O)c(C)c1Oc1cc(Nc2nc(C3CCN(C(=O)OC(C)(C)C)CC3)ns2)ncc1Br. The van der Waals surface area contributed by atoms with E-state index in [-0.39, 0.29) is 17.6 Å². The van der Waals surface area contributed by atoms with Gasteiger partial charge in [-0.2, -0.15) is 4.37 Å². The fourth-order valence-electron chi connectivity index (χ4n) is 3.96.